The van der Waals surface area contributed by atoms with E-state index in [0.717, 1.165) is 19.3 Å². The minimum Gasteiger partial charge on any atom is -0.305 e. The van der Waals surface area contributed by atoms with Crippen molar-refractivity contribution in [3.63, 3.8) is 0 Å². The topological polar surface area (TPSA) is 59.0 Å². The minimum absolute atomic E-state index is 0.200. The van der Waals surface area contributed by atoms with E-state index in [1.807, 2.05) is 13.8 Å². The molecule has 0 heterocycles. The fourth-order valence-electron chi connectivity index (χ4n) is 0.808. The number of hydrogen-bond donors (Lipinski definition) is 1. The standard InChI is InChI=1S/C8H16N2O/c1-8(2,7-9)5-3-4-6-11-10/h3-6,10H2,1-2H3. The summed E-state index contributed by atoms with van der Waals surface area (Å²) in [5, 5.41) is 8.64. The molecule has 0 rings (SSSR count). The molecule has 2 N–H and O–H groups in total. The Morgan fingerprint density at radius 1 is 1.45 bits per heavy atom. The monoisotopic (exact) mass is 156 g/mol. The number of unbranched alkanes of at least 4 members (excludes halogenated alkanes) is 1. The van der Waals surface area contributed by atoms with Gasteiger partial charge in [-0.15, -0.1) is 0 Å². The first-order valence-electron chi connectivity index (χ1n) is 3.85. The van der Waals surface area contributed by atoms with Crippen molar-refractivity contribution in [2.45, 2.75) is 33.1 Å². The molecule has 0 radical (unpaired) electrons. The highest BCUT2D eigenvalue weighted by molar-refractivity contribution is 4.91. The zero-order chi connectivity index (χ0) is 8.74. The fraction of sp³-hybridized carbons (Fsp3) is 0.875. The Morgan fingerprint density at radius 3 is 2.55 bits per heavy atom. The van der Waals surface area contributed by atoms with E-state index >= 15 is 0 Å². The molecule has 0 aromatic rings. The number of rotatable bonds is 5. The van der Waals surface area contributed by atoms with Crippen LogP contribution in [-0.4, -0.2) is 6.61 Å². The van der Waals surface area contributed by atoms with Crippen LogP contribution in [0.25, 0.3) is 0 Å². The van der Waals surface area contributed by atoms with E-state index in [9.17, 15) is 0 Å². The molecule has 0 aliphatic carbocycles. The van der Waals surface area contributed by atoms with Crippen LogP contribution in [0.15, 0.2) is 0 Å². The number of nitrogens with two attached hydrogens (primary N) is 1. The van der Waals surface area contributed by atoms with Crippen LogP contribution in [0.1, 0.15) is 33.1 Å². The van der Waals surface area contributed by atoms with Crippen LogP contribution in [-0.2, 0) is 4.84 Å². The van der Waals surface area contributed by atoms with Crippen LogP contribution in [0.3, 0.4) is 0 Å². The van der Waals surface area contributed by atoms with Crippen LogP contribution in [0.2, 0.25) is 0 Å². The van der Waals surface area contributed by atoms with Crippen molar-refractivity contribution in [3.8, 4) is 6.07 Å². The van der Waals surface area contributed by atoms with E-state index in [4.69, 9.17) is 11.2 Å². The maximum Gasteiger partial charge on any atom is 0.0683 e. The van der Waals surface area contributed by atoms with E-state index in [1.165, 1.54) is 0 Å². The van der Waals surface area contributed by atoms with Gasteiger partial charge in [0, 0.05) is 0 Å². The first-order chi connectivity index (χ1) is 5.12. The maximum atomic E-state index is 8.64. The Labute approximate surface area is 68.1 Å². The third-order valence-corrected chi connectivity index (χ3v) is 1.62. The SMILES string of the molecule is CC(C)(C#N)CCCCON. The molecule has 0 amide bonds. The summed E-state index contributed by atoms with van der Waals surface area (Å²) in [4.78, 5) is 4.41. The van der Waals surface area contributed by atoms with Gasteiger partial charge in [-0.3, -0.25) is 0 Å². The van der Waals surface area contributed by atoms with Crippen molar-refractivity contribution in [2.75, 3.05) is 6.61 Å². The summed E-state index contributed by atoms with van der Waals surface area (Å²) >= 11 is 0. The highest BCUT2D eigenvalue weighted by Gasteiger charge is 2.14. The largest absolute Gasteiger partial charge is 0.305 e. The highest BCUT2D eigenvalue weighted by Crippen LogP contribution is 2.21. The molecule has 0 aromatic heterocycles. The third kappa shape index (κ3) is 5.84. The Bertz CT molecular complexity index is 138. The van der Waals surface area contributed by atoms with E-state index in [-0.39, 0.29) is 5.41 Å². The van der Waals surface area contributed by atoms with Crippen molar-refractivity contribution in [2.24, 2.45) is 11.3 Å². The summed E-state index contributed by atoms with van der Waals surface area (Å²) in [5.74, 6) is 4.85. The van der Waals surface area contributed by atoms with Crippen molar-refractivity contribution in [3.05, 3.63) is 0 Å². The molecule has 64 valence electrons. The highest BCUT2D eigenvalue weighted by atomic mass is 16.6. The zero-order valence-corrected chi connectivity index (χ0v) is 7.26. The van der Waals surface area contributed by atoms with Gasteiger partial charge in [-0.25, -0.2) is 5.90 Å². The summed E-state index contributed by atoms with van der Waals surface area (Å²) in [6.07, 6.45) is 2.84. The summed E-state index contributed by atoms with van der Waals surface area (Å²) in [6.45, 7) is 4.47. The smallest absolute Gasteiger partial charge is 0.0683 e. The van der Waals surface area contributed by atoms with Gasteiger partial charge in [0.2, 0.25) is 0 Å². The summed E-state index contributed by atoms with van der Waals surface area (Å²) < 4.78 is 0. The van der Waals surface area contributed by atoms with E-state index < -0.39 is 0 Å². The zero-order valence-electron chi connectivity index (χ0n) is 7.26. The van der Waals surface area contributed by atoms with Gasteiger partial charge in [0.05, 0.1) is 18.1 Å². The summed E-state index contributed by atoms with van der Waals surface area (Å²) in [5.41, 5.74) is -0.200. The summed E-state index contributed by atoms with van der Waals surface area (Å²) in [6, 6.07) is 2.25. The van der Waals surface area contributed by atoms with Gasteiger partial charge in [-0.1, -0.05) is 0 Å². The Kier molecular flexibility index (Phi) is 4.84. The first kappa shape index (κ1) is 10.4. The Balaban J connectivity index is 3.32. The molecule has 3 nitrogen and oxygen atoms in total. The molecule has 3 heteroatoms. The van der Waals surface area contributed by atoms with Gasteiger partial charge >= 0.3 is 0 Å². The van der Waals surface area contributed by atoms with Crippen LogP contribution in [0, 0.1) is 16.7 Å². The number of nitriles is 1. The lowest BCUT2D eigenvalue weighted by Crippen LogP contribution is -2.08. The predicted molar refractivity (Wildman–Crippen MR) is 43.4 cm³/mol. The lowest BCUT2D eigenvalue weighted by molar-refractivity contribution is 0.132. The third-order valence-electron chi connectivity index (χ3n) is 1.62. The van der Waals surface area contributed by atoms with Crippen molar-refractivity contribution >= 4 is 0 Å². The Hall–Kier alpha value is -0.590. The van der Waals surface area contributed by atoms with Gasteiger partial charge in [0.1, 0.15) is 0 Å². The van der Waals surface area contributed by atoms with E-state index in [0.29, 0.717) is 6.61 Å². The number of hydrogen-bond acceptors (Lipinski definition) is 3. The first-order valence-corrected chi connectivity index (χ1v) is 3.85. The molecule has 0 aliphatic rings. The number of nitrogens with zero attached hydrogens (tertiary/aromatic N) is 1. The molecule has 0 saturated carbocycles. The van der Waals surface area contributed by atoms with Crippen LogP contribution < -0.4 is 5.90 Å². The second-order valence-electron chi connectivity index (χ2n) is 3.32. The van der Waals surface area contributed by atoms with Crippen LogP contribution in [0.5, 0.6) is 0 Å². The van der Waals surface area contributed by atoms with Gasteiger partial charge in [0.15, 0.2) is 0 Å². The summed E-state index contributed by atoms with van der Waals surface area (Å²) in [7, 11) is 0. The second-order valence-corrected chi connectivity index (χ2v) is 3.32. The molecule has 0 unspecified atom stereocenters. The Morgan fingerprint density at radius 2 is 2.09 bits per heavy atom. The van der Waals surface area contributed by atoms with Gasteiger partial charge in [-0.2, -0.15) is 5.26 Å². The molecule has 0 bridgehead atoms. The van der Waals surface area contributed by atoms with E-state index in [1.54, 1.807) is 0 Å². The normalized spacial score (nSPS) is 11.1. The second kappa shape index (κ2) is 5.11. The molecule has 0 aliphatic heterocycles. The lowest BCUT2D eigenvalue weighted by atomic mass is 9.89. The molecule has 0 saturated heterocycles. The van der Waals surface area contributed by atoms with Gasteiger partial charge < -0.3 is 4.84 Å². The average Bonchev–Trinajstić information content (AvgIpc) is 1.99. The average molecular weight is 156 g/mol. The molecular weight excluding hydrogens is 140 g/mol. The predicted octanol–water partition coefficient (Wildman–Crippen LogP) is 1.60. The fourth-order valence-corrected chi connectivity index (χ4v) is 0.808. The van der Waals surface area contributed by atoms with Gasteiger partial charge in [0.25, 0.3) is 0 Å². The van der Waals surface area contributed by atoms with Crippen LogP contribution >= 0.6 is 0 Å². The van der Waals surface area contributed by atoms with Crippen molar-refractivity contribution in [1.29, 1.82) is 5.26 Å². The molecule has 11 heavy (non-hydrogen) atoms. The molecular formula is C8H16N2O. The molecule has 0 aromatic carbocycles. The minimum atomic E-state index is -0.200. The van der Waals surface area contributed by atoms with Crippen molar-refractivity contribution < 1.29 is 4.84 Å². The quantitative estimate of drug-likeness (QED) is 0.485. The van der Waals surface area contributed by atoms with Gasteiger partial charge in [-0.05, 0) is 33.1 Å². The van der Waals surface area contributed by atoms with E-state index in [2.05, 4.69) is 10.9 Å². The lowest BCUT2D eigenvalue weighted by Gasteiger charge is -2.13. The molecule has 0 atom stereocenters. The molecule has 0 fully saturated rings. The van der Waals surface area contributed by atoms with Crippen molar-refractivity contribution in [1.82, 2.24) is 0 Å². The maximum absolute atomic E-state index is 8.64. The van der Waals surface area contributed by atoms with Crippen LogP contribution in [0.4, 0.5) is 0 Å². The molecule has 0 spiro atoms.